The van der Waals surface area contributed by atoms with E-state index in [9.17, 15) is 14.7 Å². The van der Waals surface area contributed by atoms with Gasteiger partial charge in [-0.3, -0.25) is 9.59 Å². The number of hydrogen-bond donors (Lipinski definition) is 1. The highest BCUT2D eigenvalue weighted by molar-refractivity contribution is 6.46. The zero-order valence-electron chi connectivity index (χ0n) is 17.6. The van der Waals surface area contributed by atoms with Crippen LogP contribution in [0.4, 0.5) is 0 Å². The van der Waals surface area contributed by atoms with Crippen molar-refractivity contribution in [2.75, 3.05) is 20.3 Å². The number of ether oxygens (including phenoxy) is 2. The first-order valence-corrected chi connectivity index (χ1v) is 10.2. The zero-order chi connectivity index (χ0) is 21.7. The van der Waals surface area contributed by atoms with Crippen LogP contribution in [0.5, 0.6) is 11.5 Å². The quantitative estimate of drug-likeness (QED) is 0.399. The van der Waals surface area contributed by atoms with E-state index in [0.717, 1.165) is 6.42 Å². The minimum Gasteiger partial charge on any atom is -0.507 e. The zero-order valence-corrected chi connectivity index (χ0v) is 17.6. The van der Waals surface area contributed by atoms with Crippen molar-refractivity contribution in [2.24, 2.45) is 0 Å². The predicted molar refractivity (Wildman–Crippen MR) is 115 cm³/mol. The Morgan fingerprint density at radius 1 is 1.03 bits per heavy atom. The Morgan fingerprint density at radius 3 is 2.47 bits per heavy atom. The highest BCUT2D eigenvalue weighted by Gasteiger charge is 2.45. The van der Waals surface area contributed by atoms with Crippen LogP contribution in [0.2, 0.25) is 0 Å². The molecule has 0 radical (unpaired) electrons. The molecule has 30 heavy (non-hydrogen) atoms. The van der Waals surface area contributed by atoms with Crippen LogP contribution in [-0.4, -0.2) is 42.0 Å². The van der Waals surface area contributed by atoms with Crippen molar-refractivity contribution in [1.82, 2.24) is 4.90 Å². The molecule has 0 bridgehead atoms. The maximum atomic E-state index is 12.9. The lowest BCUT2D eigenvalue weighted by Crippen LogP contribution is -2.30. The van der Waals surface area contributed by atoms with Gasteiger partial charge in [-0.1, -0.05) is 38.1 Å². The van der Waals surface area contributed by atoms with Gasteiger partial charge in [-0.25, -0.2) is 0 Å². The predicted octanol–water partition coefficient (Wildman–Crippen LogP) is 4.32. The molecule has 1 heterocycles. The molecule has 1 aliphatic rings. The molecule has 2 aromatic rings. The molecule has 0 aromatic heterocycles. The fourth-order valence-electron chi connectivity index (χ4n) is 3.62. The molecule has 1 saturated heterocycles. The number of hydrogen-bond acceptors (Lipinski definition) is 5. The third kappa shape index (κ3) is 4.17. The van der Waals surface area contributed by atoms with E-state index >= 15 is 0 Å². The number of carbonyl (C=O) groups excluding carboxylic acids is 2. The maximum absolute atomic E-state index is 12.9. The minimum absolute atomic E-state index is 0.0781. The van der Waals surface area contributed by atoms with Crippen molar-refractivity contribution < 1.29 is 24.2 Å². The monoisotopic (exact) mass is 409 g/mol. The van der Waals surface area contributed by atoms with Crippen LogP contribution in [0.3, 0.4) is 0 Å². The maximum Gasteiger partial charge on any atom is 0.295 e. The summed E-state index contributed by atoms with van der Waals surface area (Å²) < 4.78 is 11.0. The van der Waals surface area contributed by atoms with Crippen LogP contribution < -0.4 is 9.47 Å². The van der Waals surface area contributed by atoms with Gasteiger partial charge in [-0.05, 0) is 42.7 Å². The van der Waals surface area contributed by atoms with Crippen LogP contribution in [0, 0.1) is 0 Å². The number of amides is 1. The summed E-state index contributed by atoms with van der Waals surface area (Å²) in [5.74, 6) is -0.286. The van der Waals surface area contributed by atoms with Crippen molar-refractivity contribution >= 4 is 17.4 Å². The second-order valence-electron chi connectivity index (χ2n) is 7.15. The van der Waals surface area contributed by atoms with E-state index in [4.69, 9.17) is 9.47 Å². The Morgan fingerprint density at radius 2 is 1.77 bits per heavy atom. The fourth-order valence-corrected chi connectivity index (χ4v) is 3.62. The van der Waals surface area contributed by atoms with E-state index in [-0.39, 0.29) is 11.3 Å². The van der Waals surface area contributed by atoms with Crippen LogP contribution >= 0.6 is 0 Å². The lowest BCUT2D eigenvalue weighted by atomic mass is 9.95. The van der Waals surface area contributed by atoms with Crippen LogP contribution in [0.25, 0.3) is 5.76 Å². The van der Waals surface area contributed by atoms with E-state index in [2.05, 4.69) is 0 Å². The molecule has 2 aromatic carbocycles. The molecule has 1 aliphatic heterocycles. The standard InChI is InChI=1S/C24H27NO5/c1-4-12-25-21(16-8-6-10-18(14-16)29-3)20(23(27)24(25)28)22(26)17-9-7-11-19(15-17)30-13-5-2/h6-11,14-15,21,26H,4-5,12-13H2,1-3H3/b22-20-. The van der Waals surface area contributed by atoms with E-state index in [1.807, 2.05) is 19.9 Å². The second-order valence-corrected chi connectivity index (χ2v) is 7.15. The Labute approximate surface area is 176 Å². The number of carbonyl (C=O) groups is 2. The molecule has 1 unspecified atom stereocenters. The van der Waals surface area contributed by atoms with E-state index < -0.39 is 17.7 Å². The summed E-state index contributed by atoms with van der Waals surface area (Å²) in [4.78, 5) is 27.2. The topological polar surface area (TPSA) is 76.1 Å². The molecule has 3 rings (SSSR count). The van der Waals surface area contributed by atoms with Gasteiger partial charge in [0.25, 0.3) is 11.7 Å². The molecule has 158 valence electrons. The number of aliphatic hydroxyl groups excluding tert-OH is 1. The van der Waals surface area contributed by atoms with Crippen molar-refractivity contribution in [1.29, 1.82) is 0 Å². The highest BCUT2D eigenvalue weighted by atomic mass is 16.5. The van der Waals surface area contributed by atoms with Gasteiger partial charge in [-0.15, -0.1) is 0 Å². The van der Waals surface area contributed by atoms with Crippen molar-refractivity contribution in [3.05, 3.63) is 65.2 Å². The minimum atomic E-state index is -0.686. The van der Waals surface area contributed by atoms with Crippen molar-refractivity contribution in [3.63, 3.8) is 0 Å². The first kappa shape index (κ1) is 21.4. The number of benzene rings is 2. The smallest absolute Gasteiger partial charge is 0.295 e. The molecular formula is C24H27NO5. The van der Waals surface area contributed by atoms with Crippen LogP contribution in [-0.2, 0) is 9.59 Å². The lowest BCUT2D eigenvalue weighted by molar-refractivity contribution is -0.139. The molecule has 1 fully saturated rings. The van der Waals surface area contributed by atoms with Gasteiger partial charge in [-0.2, -0.15) is 0 Å². The van der Waals surface area contributed by atoms with Gasteiger partial charge < -0.3 is 19.5 Å². The summed E-state index contributed by atoms with van der Waals surface area (Å²) in [5.41, 5.74) is 1.22. The first-order chi connectivity index (χ1) is 14.5. The van der Waals surface area contributed by atoms with E-state index in [1.165, 1.54) is 4.90 Å². The summed E-state index contributed by atoms with van der Waals surface area (Å²) in [6, 6.07) is 13.5. The Bertz CT molecular complexity index is 966. The Hall–Kier alpha value is -3.28. The number of nitrogens with zero attached hydrogens (tertiary/aromatic N) is 1. The molecule has 0 aliphatic carbocycles. The molecule has 6 heteroatoms. The van der Waals surface area contributed by atoms with Gasteiger partial charge in [0.2, 0.25) is 0 Å². The SMILES string of the molecule is CCCOc1cccc(/C(O)=C2/C(=O)C(=O)N(CCC)C2c2cccc(OC)c2)c1. The number of rotatable bonds is 8. The van der Waals surface area contributed by atoms with Crippen molar-refractivity contribution in [2.45, 2.75) is 32.7 Å². The Kier molecular flexibility index (Phi) is 6.77. The number of ketones is 1. The third-order valence-electron chi connectivity index (χ3n) is 4.99. The normalized spacial score (nSPS) is 18.0. The summed E-state index contributed by atoms with van der Waals surface area (Å²) in [6.07, 6.45) is 1.54. The van der Waals surface area contributed by atoms with E-state index in [0.29, 0.717) is 42.2 Å². The fraction of sp³-hybridized carbons (Fsp3) is 0.333. The molecule has 6 nitrogen and oxygen atoms in total. The molecule has 1 N–H and O–H groups in total. The average Bonchev–Trinajstić information content (AvgIpc) is 3.02. The van der Waals surface area contributed by atoms with Gasteiger partial charge in [0.05, 0.1) is 25.3 Å². The lowest BCUT2D eigenvalue weighted by Gasteiger charge is -2.25. The molecule has 0 spiro atoms. The summed E-state index contributed by atoms with van der Waals surface area (Å²) in [7, 11) is 1.56. The third-order valence-corrected chi connectivity index (χ3v) is 4.99. The summed E-state index contributed by atoms with van der Waals surface area (Å²) in [6.45, 7) is 4.90. The average molecular weight is 409 g/mol. The molecule has 1 atom stereocenters. The number of methoxy groups -OCH3 is 1. The largest absolute Gasteiger partial charge is 0.507 e. The molecular weight excluding hydrogens is 382 g/mol. The van der Waals surface area contributed by atoms with Crippen molar-refractivity contribution in [3.8, 4) is 11.5 Å². The molecule has 0 saturated carbocycles. The second kappa shape index (κ2) is 9.48. The summed E-state index contributed by atoms with van der Waals surface area (Å²) in [5, 5.41) is 11.1. The molecule has 1 amide bonds. The van der Waals surface area contributed by atoms with Crippen LogP contribution in [0.1, 0.15) is 43.9 Å². The van der Waals surface area contributed by atoms with Gasteiger partial charge >= 0.3 is 0 Å². The van der Waals surface area contributed by atoms with Crippen LogP contribution in [0.15, 0.2) is 54.1 Å². The van der Waals surface area contributed by atoms with Gasteiger partial charge in [0, 0.05) is 12.1 Å². The number of Topliss-reactive ketones (excluding diaryl/α,β-unsaturated/α-hetero) is 1. The Balaban J connectivity index is 2.13. The van der Waals surface area contributed by atoms with E-state index in [1.54, 1.807) is 49.6 Å². The van der Waals surface area contributed by atoms with Gasteiger partial charge in [0.15, 0.2) is 0 Å². The first-order valence-electron chi connectivity index (χ1n) is 10.2. The highest BCUT2D eigenvalue weighted by Crippen LogP contribution is 2.40. The van der Waals surface area contributed by atoms with Gasteiger partial charge in [0.1, 0.15) is 17.3 Å². The number of aliphatic hydroxyl groups is 1. The number of likely N-dealkylation sites (tertiary alicyclic amines) is 1. The summed E-state index contributed by atoms with van der Waals surface area (Å²) >= 11 is 0.